The van der Waals surface area contributed by atoms with E-state index in [-0.39, 0.29) is 11.0 Å². The minimum atomic E-state index is -0.129. The molecule has 2 N–H and O–H groups in total. The first-order valence-corrected chi connectivity index (χ1v) is 10.5. The largest absolute Gasteiger partial charge is 0.496 e. The second-order valence-corrected chi connectivity index (χ2v) is 8.73. The van der Waals surface area contributed by atoms with Gasteiger partial charge in [-0.15, -0.1) is 0 Å². The highest BCUT2D eigenvalue weighted by Gasteiger charge is 2.43. The lowest BCUT2D eigenvalue weighted by Crippen LogP contribution is -2.83. The molecule has 1 atom stereocenters. The maximum absolute atomic E-state index is 6.06. The van der Waals surface area contributed by atoms with E-state index in [1.165, 1.54) is 11.1 Å². The van der Waals surface area contributed by atoms with Crippen molar-refractivity contribution >= 4 is 0 Å². The van der Waals surface area contributed by atoms with Gasteiger partial charge < -0.3 is 24.3 Å². The van der Waals surface area contributed by atoms with Crippen molar-refractivity contribution in [3.63, 3.8) is 0 Å². The van der Waals surface area contributed by atoms with Crippen LogP contribution in [0.15, 0.2) is 42.5 Å². The van der Waals surface area contributed by atoms with Gasteiger partial charge in [-0.25, -0.2) is 0 Å². The number of quaternary nitrogens is 1. The normalized spacial score (nSPS) is 22.4. The molecule has 4 rings (SSSR count). The smallest absolute Gasteiger partial charge is 0.231 e. The van der Waals surface area contributed by atoms with E-state index < -0.39 is 0 Å². The van der Waals surface area contributed by atoms with Crippen molar-refractivity contribution in [2.45, 2.75) is 50.7 Å². The summed E-state index contributed by atoms with van der Waals surface area (Å²) >= 11 is 0. The summed E-state index contributed by atoms with van der Waals surface area (Å²) in [4.78, 5) is 0. The van der Waals surface area contributed by atoms with Crippen LogP contribution < -0.4 is 19.5 Å². The molecular formula is C24H32NO4+. The van der Waals surface area contributed by atoms with Crippen molar-refractivity contribution in [1.29, 1.82) is 0 Å². The van der Waals surface area contributed by atoms with Gasteiger partial charge >= 0.3 is 0 Å². The molecule has 5 nitrogen and oxygen atoms in total. The lowest BCUT2D eigenvalue weighted by Gasteiger charge is -2.45. The van der Waals surface area contributed by atoms with Crippen molar-refractivity contribution in [2.75, 3.05) is 27.1 Å². The average molecular weight is 399 g/mol. The van der Waals surface area contributed by atoms with Crippen LogP contribution in [0.25, 0.3) is 0 Å². The van der Waals surface area contributed by atoms with Crippen LogP contribution in [0.5, 0.6) is 17.2 Å². The van der Waals surface area contributed by atoms with E-state index in [4.69, 9.17) is 18.9 Å². The van der Waals surface area contributed by atoms with Gasteiger partial charge in [0.05, 0.1) is 19.3 Å². The van der Waals surface area contributed by atoms with Crippen LogP contribution in [0, 0.1) is 0 Å². The van der Waals surface area contributed by atoms with Crippen LogP contribution in [0.4, 0.5) is 0 Å². The van der Waals surface area contributed by atoms with E-state index in [9.17, 15) is 0 Å². The Morgan fingerprint density at radius 1 is 1.07 bits per heavy atom. The van der Waals surface area contributed by atoms with Crippen molar-refractivity contribution in [3.8, 4) is 17.2 Å². The van der Waals surface area contributed by atoms with Crippen LogP contribution in [0.1, 0.15) is 44.2 Å². The van der Waals surface area contributed by atoms with E-state index in [2.05, 4.69) is 49.5 Å². The topological polar surface area (TPSA) is 53.5 Å². The first-order chi connectivity index (χ1) is 14.0. The summed E-state index contributed by atoms with van der Waals surface area (Å²) < 4.78 is 22.7. The number of nitrogens with two attached hydrogens (primary N) is 1. The Kier molecular flexibility index (Phi) is 5.70. The number of rotatable bonds is 7. The molecule has 0 amide bonds. The van der Waals surface area contributed by atoms with Crippen LogP contribution in [0.3, 0.4) is 0 Å². The third-order valence-electron chi connectivity index (χ3n) is 6.16. The zero-order valence-corrected chi connectivity index (χ0v) is 17.7. The predicted molar refractivity (Wildman–Crippen MR) is 112 cm³/mol. The Balaban J connectivity index is 1.46. The molecule has 29 heavy (non-hydrogen) atoms. The Labute approximate surface area is 173 Å². The van der Waals surface area contributed by atoms with E-state index in [1.807, 2.05) is 12.1 Å². The second kappa shape index (κ2) is 8.25. The molecule has 1 unspecified atom stereocenters. The monoisotopic (exact) mass is 398 g/mol. The van der Waals surface area contributed by atoms with Crippen LogP contribution >= 0.6 is 0 Å². The molecule has 1 fully saturated rings. The molecule has 0 radical (unpaired) electrons. The fourth-order valence-electron chi connectivity index (χ4n) is 4.85. The summed E-state index contributed by atoms with van der Waals surface area (Å²) in [7, 11) is 1.77. The summed E-state index contributed by atoms with van der Waals surface area (Å²) in [6, 6.07) is 14.7. The molecule has 2 aliphatic rings. The number of fused-ring (bicyclic) bond motifs is 1. The second-order valence-electron chi connectivity index (χ2n) is 8.73. The molecule has 0 saturated carbocycles. The molecule has 0 spiro atoms. The van der Waals surface area contributed by atoms with Crippen molar-refractivity contribution in [1.82, 2.24) is 0 Å². The van der Waals surface area contributed by atoms with Crippen LogP contribution in [-0.2, 0) is 16.7 Å². The predicted octanol–water partition coefficient (Wildman–Crippen LogP) is 3.40. The Bertz CT molecular complexity index is 851. The number of ether oxygens (including phenoxy) is 4. The highest BCUT2D eigenvalue weighted by molar-refractivity contribution is 5.44. The standard InChI is InChI=1S/C24H31NO4/c1-23(2)16-24(11-13-29-23,19-6-4-5-7-20(19)26-3)10-12-25-15-18-8-9-21-22(14-18)28-17-27-21/h4-9,14,25H,10-13,15-17H2,1-3H3/p+1. The first-order valence-electron chi connectivity index (χ1n) is 10.5. The highest BCUT2D eigenvalue weighted by Crippen LogP contribution is 2.46. The number of hydrogen-bond acceptors (Lipinski definition) is 4. The van der Waals surface area contributed by atoms with Gasteiger partial charge in [0.15, 0.2) is 11.5 Å². The molecular weight excluding hydrogens is 366 g/mol. The Morgan fingerprint density at radius 2 is 1.90 bits per heavy atom. The summed E-state index contributed by atoms with van der Waals surface area (Å²) in [5.74, 6) is 2.68. The summed E-state index contributed by atoms with van der Waals surface area (Å²) in [6.45, 7) is 7.48. The SMILES string of the molecule is COc1ccccc1C1(CC[NH2+]Cc2ccc3c(c2)OCO3)CCOC(C)(C)C1. The lowest BCUT2D eigenvalue weighted by molar-refractivity contribution is -0.672. The highest BCUT2D eigenvalue weighted by atomic mass is 16.7. The molecule has 5 heteroatoms. The maximum atomic E-state index is 6.06. The van der Waals surface area contributed by atoms with Crippen molar-refractivity contribution < 1.29 is 24.3 Å². The minimum absolute atomic E-state index is 0.0692. The van der Waals surface area contributed by atoms with E-state index >= 15 is 0 Å². The van der Waals surface area contributed by atoms with Gasteiger partial charge in [0.25, 0.3) is 0 Å². The van der Waals surface area contributed by atoms with Crippen LogP contribution in [0.2, 0.25) is 0 Å². The van der Waals surface area contributed by atoms with E-state index in [0.717, 1.165) is 56.2 Å². The number of para-hydroxylation sites is 1. The fourth-order valence-corrected chi connectivity index (χ4v) is 4.85. The number of hydrogen-bond donors (Lipinski definition) is 1. The van der Waals surface area contributed by atoms with Crippen LogP contribution in [-0.4, -0.2) is 32.7 Å². The maximum Gasteiger partial charge on any atom is 0.231 e. The van der Waals surface area contributed by atoms with Gasteiger partial charge in [-0.2, -0.15) is 0 Å². The van der Waals surface area contributed by atoms with E-state index in [0.29, 0.717) is 6.79 Å². The Hall–Kier alpha value is -2.24. The van der Waals surface area contributed by atoms with Crippen molar-refractivity contribution in [2.24, 2.45) is 0 Å². The van der Waals surface area contributed by atoms with E-state index in [1.54, 1.807) is 7.11 Å². The minimum Gasteiger partial charge on any atom is -0.496 e. The molecule has 2 aliphatic heterocycles. The zero-order chi connectivity index (χ0) is 20.3. The molecule has 2 aromatic carbocycles. The fraction of sp³-hybridized carbons (Fsp3) is 0.500. The molecule has 156 valence electrons. The summed E-state index contributed by atoms with van der Waals surface area (Å²) in [5.41, 5.74) is 2.51. The molecule has 0 aromatic heterocycles. The third kappa shape index (κ3) is 4.36. The third-order valence-corrected chi connectivity index (χ3v) is 6.16. The molecule has 2 aromatic rings. The molecule has 0 bridgehead atoms. The van der Waals surface area contributed by atoms with Gasteiger partial charge in [-0.05, 0) is 51.0 Å². The number of methoxy groups -OCH3 is 1. The average Bonchev–Trinajstić information content (AvgIpc) is 3.18. The van der Waals surface area contributed by atoms with Gasteiger partial charge in [-0.3, -0.25) is 0 Å². The van der Waals surface area contributed by atoms with Crippen molar-refractivity contribution in [3.05, 3.63) is 53.6 Å². The summed E-state index contributed by atoms with van der Waals surface area (Å²) in [5, 5.41) is 2.39. The summed E-state index contributed by atoms with van der Waals surface area (Å²) in [6.07, 6.45) is 3.11. The zero-order valence-electron chi connectivity index (χ0n) is 17.7. The lowest BCUT2D eigenvalue weighted by atomic mass is 9.67. The Morgan fingerprint density at radius 3 is 2.72 bits per heavy atom. The van der Waals surface area contributed by atoms with Gasteiger partial charge in [0.2, 0.25) is 6.79 Å². The molecule has 2 heterocycles. The molecule has 0 aliphatic carbocycles. The quantitative estimate of drug-likeness (QED) is 0.727. The number of benzene rings is 2. The van der Waals surface area contributed by atoms with Gasteiger partial charge in [0, 0.05) is 29.6 Å². The van der Waals surface area contributed by atoms with Gasteiger partial charge in [-0.1, -0.05) is 18.2 Å². The van der Waals surface area contributed by atoms with Gasteiger partial charge in [0.1, 0.15) is 12.3 Å². The molecule has 1 saturated heterocycles. The first kappa shape index (κ1) is 20.0.